The molecule has 40 heavy (non-hydrogen) atoms. The lowest BCUT2D eigenvalue weighted by Gasteiger charge is -2.30. The number of rotatable bonds is 4. The fraction of sp³-hybridized carbons (Fsp3) is 0.125. The predicted octanol–water partition coefficient (Wildman–Crippen LogP) is 6.89. The highest BCUT2D eigenvalue weighted by atomic mass is 35.5. The molecule has 7 rings (SSSR count). The molecule has 1 aliphatic heterocycles. The van der Waals surface area contributed by atoms with Gasteiger partial charge in [-0.3, -0.25) is 9.36 Å². The molecule has 0 unspecified atom stereocenters. The van der Waals surface area contributed by atoms with E-state index in [0.29, 0.717) is 36.5 Å². The van der Waals surface area contributed by atoms with Crippen LogP contribution in [0, 0.1) is 0 Å². The molecule has 0 spiro atoms. The minimum absolute atomic E-state index is 0.103. The number of methoxy groups -OCH3 is 1. The second-order valence-electron chi connectivity index (χ2n) is 9.71. The van der Waals surface area contributed by atoms with E-state index in [9.17, 15) is 4.79 Å². The molecule has 0 saturated heterocycles. The summed E-state index contributed by atoms with van der Waals surface area (Å²) in [6.07, 6.45) is 3.51. The van der Waals surface area contributed by atoms with Gasteiger partial charge in [-0.05, 0) is 72.0 Å². The molecule has 2 aromatic heterocycles. The van der Waals surface area contributed by atoms with Crippen molar-refractivity contribution in [3.63, 3.8) is 0 Å². The van der Waals surface area contributed by atoms with Gasteiger partial charge in [-0.1, -0.05) is 70.9 Å². The van der Waals surface area contributed by atoms with Gasteiger partial charge in [-0.2, -0.15) is 0 Å². The van der Waals surface area contributed by atoms with Crippen molar-refractivity contribution in [2.75, 3.05) is 7.11 Å². The Kier molecular flexibility index (Phi) is 6.27. The van der Waals surface area contributed by atoms with Gasteiger partial charge in [0.1, 0.15) is 17.3 Å². The van der Waals surface area contributed by atoms with Crippen molar-refractivity contribution < 1.29 is 9.15 Å². The Morgan fingerprint density at radius 2 is 1.82 bits per heavy atom. The highest BCUT2D eigenvalue weighted by Crippen LogP contribution is 2.41. The maximum atomic E-state index is 14.0. The Labute approximate surface area is 243 Å². The number of thiazole rings is 1. The van der Waals surface area contributed by atoms with Gasteiger partial charge in [0.25, 0.3) is 5.56 Å². The van der Waals surface area contributed by atoms with Crippen LogP contribution in [0.25, 0.3) is 23.1 Å². The number of aryl methyl sites for hydroxylation is 1. The lowest BCUT2D eigenvalue weighted by molar-refractivity contribution is 0.414. The largest absolute Gasteiger partial charge is 0.497 e. The maximum Gasteiger partial charge on any atom is 0.271 e. The molecular formula is C32H22Cl2N2O3S. The van der Waals surface area contributed by atoms with Crippen LogP contribution in [0.15, 0.2) is 98.6 Å². The summed E-state index contributed by atoms with van der Waals surface area (Å²) in [6.45, 7) is 0. The number of furan rings is 1. The van der Waals surface area contributed by atoms with E-state index in [-0.39, 0.29) is 11.6 Å². The number of aromatic nitrogens is 1. The molecule has 1 atom stereocenters. The Bertz CT molecular complexity index is 2000. The quantitative estimate of drug-likeness (QED) is 0.231. The Balaban J connectivity index is 1.39. The molecule has 0 amide bonds. The molecule has 198 valence electrons. The molecule has 3 aromatic carbocycles. The summed E-state index contributed by atoms with van der Waals surface area (Å²) in [5.74, 6) is 1.90. The van der Waals surface area contributed by atoms with Gasteiger partial charge in [-0.25, -0.2) is 4.99 Å². The van der Waals surface area contributed by atoms with Crippen molar-refractivity contribution in [3.05, 3.63) is 137 Å². The normalized spacial score (nSPS) is 16.3. The SMILES string of the molecule is COc1ccc([C@H]2C3=C(N=c4s/c(=C/c5ccc(-c6cc(Cl)ccc6Cl)o5)c(=O)n42)c2ccccc2CC3)cc1. The molecule has 0 N–H and O–H groups in total. The van der Waals surface area contributed by atoms with E-state index < -0.39 is 0 Å². The number of fused-ring (bicyclic) bond motifs is 3. The molecule has 0 radical (unpaired) electrons. The molecule has 0 saturated carbocycles. The van der Waals surface area contributed by atoms with E-state index in [1.165, 1.54) is 16.9 Å². The summed E-state index contributed by atoms with van der Waals surface area (Å²) < 4.78 is 13.8. The molecular weight excluding hydrogens is 563 g/mol. The Morgan fingerprint density at radius 3 is 2.65 bits per heavy atom. The summed E-state index contributed by atoms with van der Waals surface area (Å²) in [4.78, 5) is 19.7. The van der Waals surface area contributed by atoms with Gasteiger partial charge in [0.05, 0.1) is 28.4 Å². The van der Waals surface area contributed by atoms with Crippen LogP contribution in [0.3, 0.4) is 0 Å². The summed E-state index contributed by atoms with van der Waals surface area (Å²) in [5.41, 5.74) is 6.14. The number of nitrogens with zero attached hydrogens (tertiary/aromatic N) is 2. The van der Waals surface area contributed by atoms with Crippen molar-refractivity contribution in [3.8, 4) is 17.1 Å². The van der Waals surface area contributed by atoms with Gasteiger partial charge < -0.3 is 9.15 Å². The van der Waals surface area contributed by atoms with Crippen molar-refractivity contribution in [1.82, 2.24) is 4.57 Å². The fourth-order valence-corrected chi connectivity index (χ4v) is 6.86. The molecule has 3 heterocycles. The van der Waals surface area contributed by atoms with Crippen LogP contribution in [0.5, 0.6) is 5.75 Å². The number of allylic oxidation sites excluding steroid dienone is 1. The predicted molar refractivity (Wildman–Crippen MR) is 160 cm³/mol. The van der Waals surface area contributed by atoms with E-state index in [0.717, 1.165) is 41.0 Å². The van der Waals surface area contributed by atoms with Gasteiger partial charge >= 0.3 is 0 Å². The van der Waals surface area contributed by atoms with Crippen LogP contribution < -0.4 is 19.6 Å². The smallest absolute Gasteiger partial charge is 0.271 e. The Morgan fingerprint density at radius 1 is 1.00 bits per heavy atom. The van der Waals surface area contributed by atoms with E-state index >= 15 is 0 Å². The number of hydrogen-bond acceptors (Lipinski definition) is 5. The van der Waals surface area contributed by atoms with E-state index in [2.05, 4.69) is 18.2 Å². The molecule has 5 nitrogen and oxygen atoms in total. The van der Waals surface area contributed by atoms with Crippen molar-refractivity contribution in [2.24, 2.45) is 4.99 Å². The third-order valence-electron chi connectivity index (χ3n) is 7.40. The van der Waals surface area contributed by atoms with Gasteiger partial charge in [0.2, 0.25) is 0 Å². The number of ether oxygens (including phenoxy) is 1. The lowest BCUT2D eigenvalue weighted by Crippen LogP contribution is -2.38. The first-order valence-corrected chi connectivity index (χ1v) is 14.4. The van der Waals surface area contributed by atoms with Crippen LogP contribution in [0.4, 0.5) is 0 Å². The van der Waals surface area contributed by atoms with Crippen LogP contribution >= 0.6 is 34.5 Å². The maximum absolute atomic E-state index is 14.0. The summed E-state index contributed by atoms with van der Waals surface area (Å²) in [6, 6.07) is 25.0. The third kappa shape index (κ3) is 4.24. The molecule has 0 bridgehead atoms. The second kappa shape index (κ2) is 9.97. The standard InChI is InChI=1S/C32H22Cl2N2O3S/c1-38-21-10-6-19(7-11-21)30-24-13-8-18-4-2-3-5-23(18)29(24)35-32-36(30)31(37)28(40-32)17-22-12-15-27(39-22)25-16-20(33)9-14-26(25)34/h2-7,9-12,14-17,30H,8,13H2,1H3/b28-17+/t30-/m0/s1. The van der Waals surface area contributed by atoms with E-state index in [4.69, 9.17) is 37.3 Å². The van der Waals surface area contributed by atoms with E-state index in [1.807, 2.05) is 47.0 Å². The monoisotopic (exact) mass is 584 g/mol. The fourth-order valence-electron chi connectivity index (χ4n) is 5.50. The van der Waals surface area contributed by atoms with Crippen LogP contribution in [-0.4, -0.2) is 11.7 Å². The van der Waals surface area contributed by atoms with Crippen molar-refractivity contribution in [1.29, 1.82) is 0 Å². The van der Waals surface area contributed by atoms with Gasteiger partial charge in [0.15, 0.2) is 4.80 Å². The zero-order chi connectivity index (χ0) is 27.4. The number of halogens is 2. The average Bonchev–Trinajstić information content (AvgIpc) is 3.57. The third-order valence-corrected chi connectivity index (χ3v) is 8.95. The summed E-state index contributed by atoms with van der Waals surface area (Å²) in [5, 5.41) is 1.10. The van der Waals surface area contributed by atoms with Gasteiger partial charge in [0, 0.05) is 22.2 Å². The molecule has 0 fully saturated rings. The molecule has 5 aromatic rings. The van der Waals surface area contributed by atoms with Crippen LogP contribution in [-0.2, 0) is 6.42 Å². The number of benzene rings is 3. The first-order chi connectivity index (χ1) is 19.5. The molecule has 2 aliphatic rings. The first-order valence-electron chi connectivity index (χ1n) is 12.8. The highest BCUT2D eigenvalue weighted by Gasteiger charge is 2.32. The van der Waals surface area contributed by atoms with Crippen LogP contribution in [0.2, 0.25) is 10.0 Å². The van der Waals surface area contributed by atoms with Gasteiger partial charge in [-0.15, -0.1) is 0 Å². The summed E-state index contributed by atoms with van der Waals surface area (Å²) in [7, 11) is 1.65. The van der Waals surface area contributed by atoms with Crippen molar-refractivity contribution in [2.45, 2.75) is 18.9 Å². The summed E-state index contributed by atoms with van der Waals surface area (Å²) >= 11 is 13.9. The van der Waals surface area contributed by atoms with E-state index in [1.54, 1.807) is 31.4 Å². The number of hydrogen-bond donors (Lipinski definition) is 0. The second-order valence-corrected chi connectivity index (χ2v) is 11.6. The van der Waals surface area contributed by atoms with Crippen molar-refractivity contribution >= 4 is 46.3 Å². The molecule has 1 aliphatic carbocycles. The average molecular weight is 586 g/mol. The zero-order valence-electron chi connectivity index (χ0n) is 21.4. The molecule has 8 heteroatoms. The zero-order valence-corrected chi connectivity index (χ0v) is 23.7. The first kappa shape index (κ1) is 25.1. The Hall–Kier alpha value is -3.84. The van der Waals surface area contributed by atoms with Crippen LogP contribution in [0.1, 0.15) is 34.9 Å². The highest BCUT2D eigenvalue weighted by molar-refractivity contribution is 7.07. The lowest BCUT2D eigenvalue weighted by atomic mass is 9.83. The minimum atomic E-state index is -0.259. The minimum Gasteiger partial charge on any atom is -0.497 e. The topological polar surface area (TPSA) is 56.7 Å².